The summed E-state index contributed by atoms with van der Waals surface area (Å²) in [5.41, 5.74) is 2.92. The summed E-state index contributed by atoms with van der Waals surface area (Å²) in [7, 11) is 0. The van der Waals surface area contributed by atoms with Gasteiger partial charge in [-0.05, 0) is 59.1 Å². The molecule has 0 N–H and O–H groups in total. The number of ether oxygens (including phenoxy) is 1. The lowest BCUT2D eigenvalue weighted by Crippen LogP contribution is -2.22. The summed E-state index contributed by atoms with van der Waals surface area (Å²) in [5, 5.41) is 0. The molecule has 0 aliphatic heterocycles. The average molecular weight is 468 g/mol. The third kappa shape index (κ3) is 6.23. The Kier molecular flexibility index (Phi) is 7.30. The van der Waals surface area contributed by atoms with Crippen molar-refractivity contribution in [3.8, 4) is 0 Å². The second kappa shape index (κ2) is 8.83. The molecule has 0 amide bonds. The lowest BCUT2D eigenvalue weighted by molar-refractivity contribution is 0.104. The van der Waals surface area contributed by atoms with Gasteiger partial charge in [0.2, 0.25) is 0 Å². The highest BCUT2D eigenvalue weighted by Crippen LogP contribution is 2.30. The summed E-state index contributed by atoms with van der Waals surface area (Å²) >= 11 is 7.12. The Labute approximate surface area is 169 Å². The first-order valence-corrected chi connectivity index (χ1v) is 10.4. The molecule has 0 atom stereocenters. The van der Waals surface area contributed by atoms with E-state index in [1.165, 1.54) is 11.1 Å². The van der Waals surface area contributed by atoms with E-state index in [1.54, 1.807) is 0 Å². The Morgan fingerprint density at radius 3 is 1.48 bits per heavy atom. The fraction of sp³-hybridized carbons (Fsp3) is 0.455. The zero-order chi connectivity index (χ0) is 18.5. The van der Waals surface area contributed by atoms with Gasteiger partial charge in [0.25, 0.3) is 0 Å². The largest absolute Gasteiger partial charge is 0.381 e. The Morgan fingerprint density at radius 1 is 0.720 bits per heavy atom. The maximum atomic E-state index is 5.99. The molecule has 2 aromatic rings. The average Bonchev–Trinajstić information content (AvgIpc) is 2.54. The van der Waals surface area contributed by atoms with Gasteiger partial charge in [0.1, 0.15) is 0 Å². The lowest BCUT2D eigenvalue weighted by atomic mass is 9.81. The van der Waals surface area contributed by atoms with E-state index >= 15 is 0 Å². The van der Waals surface area contributed by atoms with Gasteiger partial charge in [0.15, 0.2) is 0 Å². The van der Waals surface area contributed by atoms with E-state index < -0.39 is 0 Å². The zero-order valence-corrected chi connectivity index (χ0v) is 18.8. The van der Waals surface area contributed by atoms with E-state index in [1.807, 2.05) is 0 Å². The fourth-order valence-electron chi connectivity index (χ4n) is 2.86. The lowest BCUT2D eigenvalue weighted by Gasteiger charge is -2.27. The first kappa shape index (κ1) is 20.7. The summed E-state index contributed by atoms with van der Waals surface area (Å²) in [6, 6.07) is 17.1. The number of hydrogen-bond donors (Lipinski definition) is 0. The minimum atomic E-state index is 0.115. The molecule has 2 aromatic carbocycles. The van der Waals surface area contributed by atoms with Crippen molar-refractivity contribution in [1.29, 1.82) is 0 Å². The van der Waals surface area contributed by atoms with Crippen LogP contribution in [0.15, 0.2) is 57.5 Å². The van der Waals surface area contributed by atoms with Crippen molar-refractivity contribution in [2.24, 2.45) is 0 Å². The van der Waals surface area contributed by atoms with Crippen LogP contribution >= 0.6 is 31.9 Å². The van der Waals surface area contributed by atoms with Crippen LogP contribution in [0.1, 0.15) is 51.7 Å². The molecule has 0 spiro atoms. The summed E-state index contributed by atoms with van der Waals surface area (Å²) in [4.78, 5) is 0. The van der Waals surface area contributed by atoms with E-state index in [-0.39, 0.29) is 10.8 Å². The van der Waals surface area contributed by atoms with Gasteiger partial charge in [-0.3, -0.25) is 0 Å². The smallest absolute Gasteiger partial charge is 0.0474 e. The summed E-state index contributed by atoms with van der Waals surface area (Å²) in [6.45, 7) is 10.7. The first-order valence-electron chi connectivity index (χ1n) is 8.81. The molecule has 0 aliphatic carbocycles. The molecule has 0 saturated carbocycles. The molecule has 1 nitrogen and oxygen atoms in total. The molecule has 0 fully saturated rings. The van der Waals surface area contributed by atoms with E-state index in [2.05, 4.69) is 108 Å². The normalized spacial score (nSPS) is 12.4. The number of halogens is 2. The molecular formula is C22H28Br2O. The zero-order valence-electron chi connectivity index (χ0n) is 15.6. The van der Waals surface area contributed by atoms with Gasteiger partial charge < -0.3 is 4.74 Å². The number of rotatable bonds is 8. The van der Waals surface area contributed by atoms with E-state index in [0.717, 1.165) is 35.0 Å². The molecule has 0 saturated heterocycles. The second-order valence-electron chi connectivity index (χ2n) is 7.90. The molecular weight excluding hydrogens is 440 g/mol. The highest BCUT2D eigenvalue weighted by Gasteiger charge is 2.22. The predicted molar refractivity (Wildman–Crippen MR) is 114 cm³/mol. The minimum absolute atomic E-state index is 0.115. The molecule has 136 valence electrons. The van der Waals surface area contributed by atoms with Gasteiger partial charge in [-0.1, -0.05) is 83.8 Å². The van der Waals surface area contributed by atoms with Crippen LogP contribution < -0.4 is 0 Å². The van der Waals surface area contributed by atoms with Gasteiger partial charge in [0.05, 0.1) is 0 Å². The molecule has 0 radical (unpaired) electrons. The molecule has 0 bridgehead atoms. The highest BCUT2D eigenvalue weighted by molar-refractivity contribution is 9.10. The van der Waals surface area contributed by atoms with E-state index in [4.69, 9.17) is 4.74 Å². The third-order valence-corrected chi connectivity index (χ3v) is 5.94. The van der Waals surface area contributed by atoms with Gasteiger partial charge in [-0.15, -0.1) is 0 Å². The van der Waals surface area contributed by atoms with Crippen LogP contribution in [0.3, 0.4) is 0 Å². The van der Waals surface area contributed by atoms with Crippen LogP contribution in [0.25, 0.3) is 0 Å². The Hall–Kier alpha value is -0.640. The van der Waals surface area contributed by atoms with E-state index in [9.17, 15) is 0 Å². The first-order chi connectivity index (χ1) is 11.7. The monoisotopic (exact) mass is 466 g/mol. The van der Waals surface area contributed by atoms with Crippen LogP contribution in [0.5, 0.6) is 0 Å². The fourth-order valence-corrected chi connectivity index (χ4v) is 3.66. The van der Waals surface area contributed by atoms with E-state index in [0.29, 0.717) is 0 Å². The Bertz CT molecular complexity index is 632. The van der Waals surface area contributed by atoms with Crippen molar-refractivity contribution < 1.29 is 4.74 Å². The number of hydrogen-bond acceptors (Lipinski definition) is 1. The Balaban J connectivity index is 1.81. The predicted octanol–water partition coefficient (Wildman–Crippen LogP) is 7.26. The number of benzene rings is 2. The van der Waals surface area contributed by atoms with Gasteiger partial charge in [-0.2, -0.15) is 0 Å². The summed E-state index contributed by atoms with van der Waals surface area (Å²) < 4.78 is 8.25. The van der Waals surface area contributed by atoms with Crippen molar-refractivity contribution in [2.45, 2.75) is 51.4 Å². The van der Waals surface area contributed by atoms with Crippen molar-refractivity contribution in [3.05, 3.63) is 68.6 Å². The van der Waals surface area contributed by atoms with Crippen LogP contribution in [0.2, 0.25) is 0 Å². The maximum Gasteiger partial charge on any atom is 0.0474 e. The molecule has 0 aliphatic rings. The second-order valence-corrected chi connectivity index (χ2v) is 9.73. The van der Waals surface area contributed by atoms with Gasteiger partial charge in [-0.25, -0.2) is 0 Å². The standard InChI is InChI=1S/C22H28Br2O/c1-21(2,17-7-5-9-19(23)15-17)11-13-25-14-12-22(3,4)18-8-6-10-20(24)16-18/h5-10,15-16H,11-14H2,1-4H3. The molecule has 3 heteroatoms. The van der Waals surface area contributed by atoms with Crippen molar-refractivity contribution in [1.82, 2.24) is 0 Å². The van der Waals surface area contributed by atoms with Gasteiger partial charge in [0, 0.05) is 22.2 Å². The maximum absolute atomic E-state index is 5.99. The van der Waals surface area contributed by atoms with Crippen molar-refractivity contribution >= 4 is 31.9 Å². The van der Waals surface area contributed by atoms with Crippen molar-refractivity contribution in [2.75, 3.05) is 13.2 Å². The van der Waals surface area contributed by atoms with Crippen LogP contribution in [-0.4, -0.2) is 13.2 Å². The third-order valence-electron chi connectivity index (χ3n) is 4.95. The SMILES string of the molecule is CC(C)(CCOCCC(C)(C)c1cccc(Br)c1)c1cccc(Br)c1. The molecule has 0 heterocycles. The summed E-state index contributed by atoms with van der Waals surface area (Å²) in [5.74, 6) is 0. The molecule has 0 unspecified atom stereocenters. The van der Waals surface area contributed by atoms with Crippen molar-refractivity contribution in [3.63, 3.8) is 0 Å². The van der Waals surface area contributed by atoms with Crippen LogP contribution in [0.4, 0.5) is 0 Å². The van der Waals surface area contributed by atoms with Gasteiger partial charge >= 0.3 is 0 Å². The molecule has 0 aromatic heterocycles. The summed E-state index contributed by atoms with van der Waals surface area (Å²) in [6.07, 6.45) is 2.03. The topological polar surface area (TPSA) is 9.23 Å². The quantitative estimate of drug-likeness (QED) is 0.371. The Morgan fingerprint density at radius 2 is 1.12 bits per heavy atom. The van der Waals surface area contributed by atoms with Crippen LogP contribution in [-0.2, 0) is 15.6 Å². The molecule has 2 rings (SSSR count). The minimum Gasteiger partial charge on any atom is -0.381 e. The highest BCUT2D eigenvalue weighted by atomic mass is 79.9. The molecule has 25 heavy (non-hydrogen) atoms. The van der Waals surface area contributed by atoms with Crippen LogP contribution in [0, 0.1) is 0 Å².